The second-order valence-corrected chi connectivity index (χ2v) is 5.13. The molecule has 2 rings (SSSR count). The number of nitrogens with two attached hydrogens (primary N) is 1. The third-order valence-corrected chi connectivity index (χ3v) is 3.34. The van der Waals surface area contributed by atoms with Crippen molar-refractivity contribution in [1.82, 2.24) is 9.97 Å². The Morgan fingerprint density at radius 2 is 2.29 bits per heavy atom. The Balaban J connectivity index is 2.33. The van der Waals surface area contributed by atoms with Gasteiger partial charge < -0.3 is 16.5 Å². The average molecular weight is 347 g/mol. The summed E-state index contributed by atoms with van der Waals surface area (Å²) in [5, 5.41) is 13.9. The van der Waals surface area contributed by atoms with E-state index >= 15 is 0 Å². The van der Waals surface area contributed by atoms with Crippen LogP contribution in [-0.4, -0.2) is 34.6 Å². The van der Waals surface area contributed by atoms with Crippen LogP contribution in [0.15, 0.2) is 34.7 Å². The molecule has 8 nitrogen and oxygen atoms in total. The molecule has 0 atom stereocenters. The molecule has 1 amide bonds. The Labute approximate surface area is 141 Å². The molecular formula is C14H14FN7OS. The molecule has 5 N–H and O–H groups in total. The molecule has 1 heterocycles. The number of hydrogen-bond acceptors (Lipinski definition) is 8. The number of rotatable bonds is 7. The van der Waals surface area contributed by atoms with E-state index in [9.17, 15) is 9.18 Å². The highest BCUT2D eigenvalue weighted by molar-refractivity contribution is 7.98. The zero-order chi connectivity index (χ0) is 17.5. The standard InChI is InChI=1S/C14H14FN7OS/c1-24-14-18-7-9(12(17)23)13(21-14)20-8-2-3-10(15)11(6-8)22-19-5-4-16/h2-7,16,22H,1H3,(H2,17,23)(H,18,20,21)/b16-4?,19-5-. The summed E-state index contributed by atoms with van der Waals surface area (Å²) in [7, 11) is 0. The lowest BCUT2D eigenvalue weighted by molar-refractivity contribution is 0.100. The molecule has 1 aromatic heterocycles. The topological polar surface area (TPSA) is 129 Å². The third-order valence-electron chi connectivity index (χ3n) is 2.78. The van der Waals surface area contributed by atoms with Crippen LogP contribution in [0.3, 0.4) is 0 Å². The normalized spacial score (nSPS) is 10.6. The fourth-order valence-electron chi connectivity index (χ4n) is 1.71. The lowest BCUT2D eigenvalue weighted by Gasteiger charge is -2.11. The molecule has 0 saturated heterocycles. The van der Waals surface area contributed by atoms with Crippen molar-refractivity contribution >= 4 is 47.3 Å². The molecule has 0 aliphatic carbocycles. The molecule has 2 aromatic rings. The largest absolute Gasteiger partial charge is 0.365 e. The number of hydrogen-bond donors (Lipinski definition) is 4. The molecular weight excluding hydrogens is 333 g/mol. The van der Waals surface area contributed by atoms with Gasteiger partial charge in [-0.15, -0.1) is 0 Å². The van der Waals surface area contributed by atoms with Crippen molar-refractivity contribution < 1.29 is 9.18 Å². The Bertz CT molecular complexity index is 797. The maximum Gasteiger partial charge on any atom is 0.254 e. The minimum Gasteiger partial charge on any atom is -0.365 e. The number of halogens is 1. The van der Waals surface area contributed by atoms with Crippen molar-refractivity contribution in [2.45, 2.75) is 5.16 Å². The van der Waals surface area contributed by atoms with Crippen molar-refractivity contribution in [3.8, 4) is 0 Å². The van der Waals surface area contributed by atoms with E-state index in [4.69, 9.17) is 11.1 Å². The van der Waals surface area contributed by atoms with Gasteiger partial charge in [-0.3, -0.25) is 10.2 Å². The Morgan fingerprint density at radius 3 is 2.96 bits per heavy atom. The van der Waals surface area contributed by atoms with Crippen LogP contribution in [0.5, 0.6) is 0 Å². The van der Waals surface area contributed by atoms with Crippen LogP contribution in [0.1, 0.15) is 10.4 Å². The Kier molecular flexibility index (Phi) is 5.79. The fraction of sp³-hybridized carbons (Fsp3) is 0.0714. The van der Waals surface area contributed by atoms with Gasteiger partial charge in [-0.2, -0.15) is 5.10 Å². The minimum absolute atomic E-state index is 0.0953. The van der Waals surface area contributed by atoms with E-state index < -0.39 is 11.7 Å². The number of primary amides is 1. The summed E-state index contributed by atoms with van der Waals surface area (Å²) in [6, 6.07) is 4.15. The lowest BCUT2D eigenvalue weighted by atomic mass is 10.2. The number of anilines is 3. The summed E-state index contributed by atoms with van der Waals surface area (Å²) in [6.07, 6.45) is 5.25. The van der Waals surface area contributed by atoms with E-state index in [1.807, 2.05) is 0 Å². The first-order valence-corrected chi connectivity index (χ1v) is 7.83. The Hall–Kier alpha value is -3.01. The van der Waals surface area contributed by atoms with Crippen molar-refractivity contribution in [1.29, 1.82) is 5.41 Å². The summed E-state index contributed by atoms with van der Waals surface area (Å²) in [6.45, 7) is 0. The van der Waals surface area contributed by atoms with E-state index in [1.54, 1.807) is 6.26 Å². The van der Waals surface area contributed by atoms with Crippen molar-refractivity contribution in [2.24, 2.45) is 10.8 Å². The van der Waals surface area contributed by atoms with E-state index in [0.29, 0.717) is 10.8 Å². The molecule has 1 aromatic carbocycles. The van der Waals surface area contributed by atoms with Crippen LogP contribution in [0.2, 0.25) is 0 Å². The van der Waals surface area contributed by atoms with Gasteiger partial charge in [-0.1, -0.05) is 11.8 Å². The van der Waals surface area contributed by atoms with Crippen LogP contribution in [0.25, 0.3) is 0 Å². The summed E-state index contributed by atoms with van der Waals surface area (Å²) in [5.41, 5.74) is 8.47. The molecule has 0 saturated carbocycles. The number of aromatic nitrogens is 2. The molecule has 0 fully saturated rings. The van der Waals surface area contributed by atoms with Gasteiger partial charge in [0.1, 0.15) is 17.2 Å². The highest BCUT2D eigenvalue weighted by Gasteiger charge is 2.13. The molecule has 0 unspecified atom stereocenters. The second kappa shape index (κ2) is 8.02. The summed E-state index contributed by atoms with van der Waals surface area (Å²) in [5.74, 6) is -0.978. The lowest BCUT2D eigenvalue weighted by Crippen LogP contribution is -2.15. The molecule has 0 aliphatic heterocycles. The van der Waals surface area contributed by atoms with Crippen LogP contribution in [-0.2, 0) is 0 Å². The maximum absolute atomic E-state index is 13.7. The third kappa shape index (κ3) is 4.26. The smallest absolute Gasteiger partial charge is 0.254 e. The van der Waals surface area contributed by atoms with Crippen LogP contribution >= 0.6 is 11.8 Å². The number of hydrazone groups is 1. The molecule has 0 aliphatic rings. The first kappa shape index (κ1) is 17.3. The van der Waals surface area contributed by atoms with E-state index in [2.05, 4.69) is 25.8 Å². The highest BCUT2D eigenvalue weighted by atomic mass is 32.2. The average Bonchev–Trinajstić information content (AvgIpc) is 2.57. The van der Waals surface area contributed by atoms with Crippen LogP contribution < -0.4 is 16.5 Å². The van der Waals surface area contributed by atoms with Gasteiger partial charge in [-0.25, -0.2) is 14.4 Å². The van der Waals surface area contributed by atoms with Crippen LogP contribution in [0.4, 0.5) is 21.6 Å². The number of carbonyl (C=O) groups excluding carboxylic acids is 1. The van der Waals surface area contributed by atoms with Gasteiger partial charge in [0, 0.05) is 18.1 Å². The van der Waals surface area contributed by atoms with E-state index in [-0.39, 0.29) is 17.1 Å². The SMILES string of the molecule is CSc1ncc(C(N)=O)c(Nc2ccc(F)c(N/N=C\C=N)c2)n1. The number of amides is 1. The fourth-order valence-corrected chi connectivity index (χ4v) is 2.05. The first-order valence-electron chi connectivity index (χ1n) is 6.60. The second-order valence-electron chi connectivity index (χ2n) is 4.36. The molecule has 0 radical (unpaired) electrons. The number of nitrogens with one attached hydrogen (secondary N) is 3. The summed E-state index contributed by atoms with van der Waals surface area (Å²) < 4.78 is 13.7. The molecule has 24 heavy (non-hydrogen) atoms. The minimum atomic E-state index is -0.679. The zero-order valence-corrected chi connectivity index (χ0v) is 13.4. The van der Waals surface area contributed by atoms with Crippen molar-refractivity contribution in [3.05, 3.63) is 35.8 Å². The van der Waals surface area contributed by atoms with Gasteiger partial charge in [0.2, 0.25) is 0 Å². The van der Waals surface area contributed by atoms with Crippen molar-refractivity contribution in [2.75, 3.05) is 17.0 Å². The number of carbonyl (C=O) groups is 1. The van der Waals surface area contributed by atoms with E-state index in [1.165, 1.54) is 42.4 Å². The van der Waals surface area contributed by atoms with Gasteiger partial charge in [0.05, 0.1) is 11.9 Å². The number of nitrogens with zero attached hydrogens (tertiary/aromatic N) is 3. The van der Waals surface area contributed by atoms with Crippen LogP contribution in [0, 0.1) is 11.2 Å². The van der Waals surface area contributed by atoms with Gasteiger partial charge >= 0.3 is 0 Å². The molecule has 0 spiro atoms. The van der Waals surface area contributed by atoms with E-state index in [0.717, 1.165) is 6.21 Å². The molecule has 0 bridgehead atoms. The van der Waals surface area contributed by atoms with Gasteiger partial charge in [0.25, 0.3) is 5.91 Å². The predicted molar refractivity (Wildman–Crippen MR) is 92.9 cm³/mol. The highest BCUT2D eigenvalue weighted by Crippen LogP contribution is 2.24. The summed E-state index contributed by atoms with van der Waals surface area (Å²) >= 11 is 1.31. The van der Waals surface area contributed by atoms with Crippen molar-refractivity contribution in [3.63, 3.8) is 0 Å². The van der Waals surface area contributed by atoms with Gasteiger partial charge in [-0.05, 0) is 24.5 Å². The Morgan fingerprint density at radius 1 is 1.50 bits per heavy atom. The zero-order valence-electron chi connectivity index (χ0n) is 12.6. The summed E-state index contributed by atoms with van der Waals surface area (Å²) in [4.78, 5) is 19.7. The van der Waals surface area contributed by atoms with Gasteiger partial charge in [0.15, 0.2) is 5.16 Å². The quantitative estimate of drug-likeness (QED) is 0.263. The monoisotopic (exact) mass is 347 g/mol. The number of benzene rings is 1. The molecule has 124 valence electrons. The first-order chi connectivity index (χ1) is 11.5. The maximum atomic E-state index is 13.7. The predicted octanol–water partition coefficient (Wildman–Crippen LogP) is 2.23. The number of thioether (sulfide) groups is 1. The molecule has 10 heteroatoms.